The van der Waals surface area contributed by atoms with Crippen molar-refractivity contribution < 1.29 is 34.1 Å². The maximum Gasteiger partial charge on any atom is 0.414 e. The number of rotatable bonds is 7. The lowest BCUT2D eigenvalue weighted by Gasteiger charge is -2.20. The Balaban J connectivity index is 0.00000105. The summed E-state index contributed by atoms with van der Waals surface area (Å²) in [5.41, 5.74) is 0.426. The Morgan fingerprint density at radius 3 is 2.11 bits per heavy atom. The molecular formula is C18H28N2O7S. The van der Waals surface area contributed by atoms with Gasteiger partial charge in [-0.1, -0.05) is 6.92 Å². The molecule has 0 aromatic carbocycles. The molecule has 1 aromatic rings. The van der Waals surface area contributed by atoms with Crippen LogP contribution in [0.15, 0.2) is 6.07 Å². The first-order valence-corrected chi connectivity index (χ1v) is 9.53. The van der Waals surface area contributed by atoms with Gasteiger partial charge in [0.1, 0.15) is 5.00 Å². The van der Waals surface area contributed by atoms with Gasteiger partial charge in [-0.3, -0.25) is 4.79 Å². The Kier molecular flexibility index (Phi) is 11.0. The highest BCUT2D eigenvalue weighted by Crippen LogP contribution is 2.29. The van der Waals surface area contributed by atoms with Crippen molar-refractivity contribution in [1.29, 1.82) is 0 Å². The summed E-state index contributed by atoms with van der Waals surface area (Å²) in [5.74, 6) is -4.14. The summed E-state index contributed by atoms with van der Waals surface area (Å²) >= 11 is 1.43. The number of carbonyl (C=O) groups excluding carboxylic acids is 2. The van der Waals surface area contributed by atoms with E-state index < -0.39 is 11.9 Å². The van der Waals surface area contributed by atoms with Gasteiger partial charge in [-0.05, 0) is 40.2 Å². The maximum atomic E-state index is 12.0. The van der Waals surface area contributed by atoms with Gasteiger partial charge in [-0.15, -0.1) is 11.3 Å². The van der Waals surface area contributed by atoms with Gasteiger partial charge in [-0.25, -0.2) is 14.4 Å². The highest BCUT2D eigenvalue weighted by molar-refractivity contribution is 7.16. The minimum absolute atomic E-state index is 0.0192. The second-order valence-electron chi connectivity index (χ2n) is 6.61. The minimum Gasteiger partial charge on any atom is -0.473 e. The van der Waals surface area contributed by atoms with Crippen molar-refractivity contribution in [3.63, 3.8) is 0 Å². The minimum atomic E-state index is -1.82. The van der Waals surface area contributed by atoms with Gasteiger partial charge in [0.25, 0.3) is 0 Å². The molecule has 0 aliphatic carbocycles. The number of esters is 1. The van der Waals surface area contributed by atoms with E-state index in [1.807, 2.05) is 6.92 Å². The topological polar surface area (TPSA) is 142 Å². The van der Waals surface area contributed by atoms with Gasteiger partial charge < -0.3 is 25.6 Å². The lowest BCUT2D eigenvalue weighted by atomic mass is 10.1. The molecule has 0 fully saturated rings. The number of nitrogens with one attached hydrogen (secondary N) is 2. The van der Waals surface area contributed by atoms with Crippen LogP contribution in [0.2, 0.25) is 0 Å². The van der Waals surface area contributed by atoms with Crippen LogP contribution in [0.4, 0.5) is 5.00 Å². The summed E-state index contributed by atoms with van der Waals surface area (Å²) in [6.07, 6.45) is 1.18. The van der Waals surface area contributed by atoms with Crippen molar-refractivity contribution >= 4 is 40.2 Å². The SMILES string of the molecule is CCOC(=O)c1cc(CC)sc1NC(=O)CCNC(C)(C)C.O=C(O)C(=O)O. The molecule has 1 amide bonds. The van der Waals surface area contributed by atoms with Crippen LogP contribution in [0, 0.1) is 0 Å². The number of carboxylic acids is 2. The number of carboxylic acid groups (broad SMARTS) is 2. The summed E-state index contributed by atoms with van der Waals surface area (Å²) in [6.45, 7) is 10.8. The molecule has 0 saturated carbocycles. The Hall–Kier alpha value is -2.46. The lowest BCUT2D eigenvalue weighted by molar-refractivity contribution is -0.159. The van der Waals surface area contributed by atoms with Crippen molar-refractivity contribution in [1.82, 2.24) is 5.32 Å². The predicted octanol–water partition coefficient (Wildman–Crippen LogP) is 2.36. The summed E-state index contributed by atoms with van der Waals surface area (Å²) < 4.78 is 5.04. The van der Waals surface area contributed by atoms with E-state index in [0.717, 1.165) is 11.3 Å². The summed E-state index contributed by atoms with van der Waals surface area (Å²) in [7, 11) is 0. The van der Waals surface area contributed by atoms with Gasteiger partial charge in [0.05, 0.1) is 12.2 Å². The fourth-order valence-corrected chi connectivity index (χ4v) is 2.81. The molecule has 0 saturated heterocycles. The van der Waals surface area contributed by atoms with E-state index in [1.165, 1.54) is 11.3 Å². The number of aliphatic carboxylic acids is 2. The number of anilines is 1. The first kappa shape index (κ1) is 25.5. The number of ether oxygens (including phenoxy) is 1. The number of thiophene rings is 1. The Morgan fingerprint density at radius 2 is 1.68 bits per heavy atom. The van der Waals surface area contributed by atoms with Crippen LogP contribution in [-0.4, -0.2) is 52.7 Å². The van der Waals surface area contributed by atoms with Gasteiger partial charge >= 0.3 is 17.9 Å². The van der Waals surface area contributed by atoms with Gasteiger partial charge in [0.2, 0.25) is 5.91 Å². The number of amides is 1. The van der Waals surface area contributed by atoms with Crippen LogP contribution in [0.1, 0.15) is 56.3 Å². The third-order valence-electron chi connectivity index (χ3n) is 3.07. The van der Waals surface area contributed by atoms with Crippen LogP contribution in [-0.2, 0) is 25.5 Å². The third-order valence-corrected chi connectivity index (χ3v) is 4.27. The van der Waals surface area contributed by atoms with Crippen molar-refractivity contribution in [2.75, 3.05) is 18.5 Å². The van der Waals surface area contributed by atoms with Gasteiger partial charge in [0.15, 0.2) is 0 Å². The van der Waals surface area contributed by atoms with Crippen molar-refractivity contribution in [2.45, 2.75) is 53.0 Å². The van der Waals surface area contributed by atoms with Gasteiger partial charge in [0, 0.05) is 23.4 Å². The van der Waals surface area contributed by atoms with Crippen molar-refractivity contribution in [3.8, 4) is 0 Å². The normalized spacial score (nSPS) is 10.5. The van der Waals surface area contributed by atoms with Crippen LogP contribution in [0.3, 0.4) is 0 Å². The number of carbonyl (C=O) groups is 4. The standard InChI is InChI=1S/C16H26N2O3S.C2H2O4/c1-6-11-10-12(15(20)21-7-2)14(22-11)18-13(19)8-9-17-16(3,4)5;3-1(4)2(5)6/h10,17H,6-9H2,1-5H3,(H,18,19);(H,3,4)(H,5,6). The van der Waals surface area contributed by atoms with Crippen molar-refractivity contribution in [2.24, 2.45) is 0 Å². The zero-order valence-corrected chi connectivity index (χ0v) is 17.6. The highest BCUT2D eigenvalue weighted by Gasteiger charge is 2.18. The molecule has 0 radical (unpaired) electrons. The van der Waals surface area contributed by atoms with Crippen molar-refractivity contribution in [3.05, 3.63) is 16.5 Å². The summed E-state index contributed by atoms with van der Waals surface area (Å²) in [4.78, 5) is 43.2. The molecular weight excluding hydrogens is 388 g/mol. The first-order valence-electron chi connectivity index (χ1n) is 8.72. The first-order chi connectivity index (χ1) is 12.9. The molecule has 10 heteroatoms. The quantitative estimate of drug-likeness (QED) is 0.392. The maximum absolute atomic E-state index is 12.0. The highest BCUT2D eigenvalue weighted by atomic mass is 32.1. The molecule has 158 valence electrons. The fourth-order valence-electron chi connectivity index (χ4n) is 1.81. The van der Waals surface area contributed by atoms with E-state index in [9.17, 15) is 9.59 Å². The molecule has 1 heterocycles. The molecule has 4 N–H and O–H groups in total. The fraction of sp³-hybridized carbons (Fsp3) is 0.556. The lowest BCUT2D eigenvalue weighted by Crippen LogP contribution is -2.37. The average molecular weight is 416 g/mol. The summed E-state index contributed by atoms with van der Waals surface area (Å²) in [5, 5.41) is 21.5. The Bertz CT molecular complexity index is 681. The van der Waals surface area contributed by atoms with E-state index in [4.69, 9.17) is 24.5 Å². The molecule has 0 atom stereocenters. The van der Waals surface area contributed by atoms with Crippen LogP contribution in [0.5, 0.6) is 0 Å². The molecule has 0 aliphatic rings. The number of aryl methyl sites for hydroxylation is 1. The largest absolute Gasteiger partial charge is 0.473 e. The number of hydrogen-bond acceptors (Lipinski definition) is 7. The summed E-state index contributed by atoms with van der Waals surface area (Å²) in [6, 6.07) is 1.80. The monoisotopic (exact) mass is 416 g/mol. The van der Waals surface area contributed by atoms with Crippen LogP contribution < -0.4 is 10.6 Å². The average Bonchev–Trinajstić information content (AvgIpc) is 2.97. The molecule has 1 aromatic heterocycles. The third kappa shape index (κ3) is 10.6. The molecule has 0 aliphatic heterocycles. The van der Waals surface area contributed by atoms with Gasteiger partial charge in [-0.2, -0.15) is 0 Å². The Labute approximate surface area is 168 Å². The van der Waals surface area contributed by atoms with E-state index in [0.29, 0.717) is 30.1 Å². The second kappa shape index (κ2) is 12.1. The van der Waals surface area contributed by atoms with E-state index >= 15 is 0 Å². The zero-order valence-electron chi connectivity index (χ0n) is 16.7. The number of hydrogen-bond donors (Lipinski definition) is 4. The molecule has 1 rings (SSSR count). The molecule has 0 spiro atoms. The zero-order chi connectivity index (χ0) is 21.9. The second-order valence-corrected chi connectivity index (χ2v) is 7.75. The van der Waals surface area contributed by atoms with E-state index in [1.54, 1.807) is 13.0 Å². The molecule has 0 bridgehead atoms. The molecule has 0 unspecified atom stereocenters. The van der Waals surface area contributed by atoms with E-state index in [-0.39, 0.29) is 17.4 Å². The smallest absolute Gasteiger partial charge is 0.414 e. The Morgan fingerprint density at radius 1 is 1.11 bits per heavy atom. The molecule has 28 heavy (non-hydrogen) atoms. The van der Waals surface area contributed by atoms with Crippen LogP contribution >= 0.6 is 11.3 Å². The van der Waals surface area contributed by atoms with Crippen LogP contribution in [0.25, 0.3) is 0 Å². The molecule has 9 nitrogen and oxygen atoms in total. The predicted molar refractivity (Wildman–Crippen MR) is 106 cm³/mol. The van der Waals surface area contributed by atoms with E-state index in [2.05, 4.69) is 31.4 Å².